The molecule has 1 aromatic heterocycles. The van der Waals surface area contributed by atoms with Gasteiger partial charge in [-0.1, -0.05) is 30.3 Å². The van der Waals surface area contributed by atoms with E-state index in [4.69, 9.17) is 14.9 Å². The van der Waals surface area contributed by atoms with Gasteiger partial charge in [0.1, 0.15) is 24.3 Å². The van der Waals surface area contributed by atoms with E-state index in [1.807, 2.05) is 54.6 Å². The molecule has 4 heteroatoms. The first kappa shape index (κ1) is 13.4. The third-order valence-corrected chi connectivity index (χ3v) is 3.12. The summed E-state index contributed by atoms with van der Waals surface area (Å²) in [6.07, 6.45) is 1.62. The fourth-order valence-corrected chi connectivity index (χ4v) is 1.97. The highest BCUT2D eigenvalue weighted by molar-refractivity contribution is 5.52. The SMILES string of the molecule is NCc1ccc(OCc2coc(-c3ccccc3)n2)cc1. The minimum absolute atomic E-state index is 0.373. The van der Waals surface area contributed by atoms with Gasteiger partial charge in [-0.25, -0.2) is 4.98 Å². The average molecular weight is 280 g/mol. The van der Waals surface area contributed by atoms with Crippen LogP contribution >= 0.6 is 0 Å². The largest absolute Gasteiger partial charge is 0.487 e. The van der Waals surface area contributed by atoms with Crippen molar-refractivity contribution in [1.29, 1.82) is 0 Å². The lowest BCUT2D eigenvalue weighted by Gasteiger charge is -2.04. The molecule has 3 rings (SSSR count). The number of oxazole rings is 1. The number of aromatic nitrogens is 1. The molecular weight excluding hydrogens is 264 g/mol. The second-order valence-electron chi connectivity index (χ2n) is 4.65. The van der Waals surface area contributed by atoms with Crippen molar-refractivity contribution >= 4 is 0 Å². The molecule has 0 fully saturated rings. The van der Waals surface area contributed by atoms with Crippen molar-refractivity contribution in [3.8, 4) is 17.2 Å². The Balaban J connectivity index is 1.64. The van der Waals surface area contributed by atoms with Gasteiger partial charge in [-0.05, 0) is 29.8 Å². The Labute approximate surface area is 123 Å². The van der Waals surface area contributed by atoms with Crippen molar-refractivity contribution < 1.29 is 9.15 Å². The van der Waals surface area contributed by atoms with Gasteiger partial charge in [0.15, 0.2) is 0 Å². The van der Waals surface area contributed by atoms with Crippen LogP contribution in [-0.2, 0) is 13.2 Å². The molecule has 0 aliphatic rings. The fraction of sp³-hybridized carbons (Fsp3) is 0.118. The van der Waals surface area contributed by atoms with Gasteiger partial charge in [-0.2, -0.15) is 0 Å². The van der Waals surface area contributed by atoms with Gasteiger partial charge in [0.25, 0.3) is 0 Å². The topological polar surface area (TPSA) is 61.3 Å². The molecule has 2 N–H and O–H groups in total. The molecule has 0 amide bonds. The molecular formula is C17H16N2O2. The van der Waals surface area contributed by atoms with Crippen molar-refractivity contribution in [2.75, 3.05) is 0 Å². The number of nitrogens with two attached hydrogens (primary N) is 1. The lowest BCUT2D eigenvalue weighted by Crippen LogP contribution is -1.98. The van der Waals surface area contributed by atoms with Crippen LogP contribution in [0.25, 0.3) is 11.5 Å². The first-order valence-corrected chi connectivity index (χ1v) is 6.77. The van der Waals surface area contributed by atoms with Gasteiger partial charge in [0.2, 0.25) is 5.89 Å². The normalized spacial score (nSPS) is 10.5. The van der Waals surface area contributed by atoms with Crippen LogP contribution in [0, 0.1) is 0 Å². The molecule has 0 aliphatic heterocycles. The van der Waals surface area contributed by atoms with E-state index in [1.54, 1.807) is 6.26 Å². The van der Waals surface area contributed by atoms with E-state index in [0.29, 0.717) is 19.0 Å². The number of rotatable bonds is 5. The van der Waals surface area contributed by atoms with Crippen LogP contribution in [-0.4, -0.2) is 4.98 Å². The van der Waals surface area contributed by atoms with Gasteiger partial charge >= 0.3 is 0 Å². The lowest BCUT2D eigenvalue weighted by atomic mass is 10.2. The highest BCUT2D eigenvalue weighted by atomic mass is 16.5. The maximum absolute atomic E-state index is 5.68. The van der Waals surface area contributed by atoms with Crippen LogP contribution in [0.15, 0.2) is 65.3 Å². The Bertz CT molecular complexity index is 690. The van der Waals surface area contributed by atoms with Gasteiger partial charge in [-0.15, -0.1) is 0 Å². The summed E-state index contributed by atoms with van der Waals surface area (Å²) in [4.78, 5) is 4.42. The molecule has 0 aliphatic carbocycles. The summed E-state index contributed by atoms with van der Waals surface area (Å²) in [6, 6.07) is 17.5. The summed E-state index contributed by atoms with van der Waals surface area (Å²) in [5.74, 6) is 1.39. The molecule has 3 aromatic rings. The molecule has 0 saturated carbocycles. The van der Waals surface area contributed by atoms with Crippen LogP contribution in [0.4, 0.5) is 0 Å². The van der Waals surface area contributed by atoms with E-state index >= 15 is 0 Å². The van der Waals surface area contributed by atoms with E-state index in [9.17, 15) is 0 Å². The number of nitrogens with zero attached hydrogens (tertiary/aromatic N) is 1. The van der Waals surface area contributed by atoms with E-state index in [0.717, 1.165) is 22.6 Å². The summed E-state index contributed by atoms with van der Waals surface area (Å²) in [5, 5.41) is 0. The summed E-state index contributed by atoms with van der Waals surface area (Å²) < 4.78 is 11.1. The molecule has 0 radical (unpaired) electrons. The van der Waals surface area contributed by atoms with Crippen LogP contribution < -0.4 is 10.5 Å². The number of hydrogen-bond acceptors (Lipinski definition) is 4. The third-order valence-electron chi connectivity index (χ3n) is 3.12. The predicted molar refractivity (Wildman–Crippen MR) is 80.6 cm³/mol. The first-order valence-electron chi connectivity index (χ1n) is 6.77. The summed E-state index contributed by atoms with van der Waals surface area (Å²) in [5.41, 5.74) is 8.35. The third kappa shape index (κ3) is 3.30. The van der Waals surface area contributed by atoms with Gasteiger partial charge in [0.05, 0.1) is 0 Å². The van der Waals surface area contributed by atoms with E-state index in [2.05, 4.69) is 4.98 Å². The Morgan fingerprint density at radius 2 is 1.76 bits per heavy atom. The van der Waals surface area contributed by atoms with Crippen molar-refractivity contribution in [3.63, 3.8) is 0 Å². The van der Waals surface area contributed by atoms with Gasteiger partial charge in [0, 0.05) is 12.1 Å². The molecule has 1 heterocycles. The van der Waals surface area contributed by atoms with Crippen LogP contribution in [0.1, 0.15) is 11.3 Å². The molecule has 0 spiro atoms. The highest BCUT2D eigenvalue weighted by Gasteiger charge is 2.06. The predicted octanol–water partition coefficient (Wildman–Crippen LogP) is 3.38. The zero-order valence-corrected chi connectivity index (χ0v) is 11.5. The van der Waals surface area contributed by atoms with E-state index in [-0.39, 0.29) is 0 Å². The smallest absolute Gasteiger partial charge is 0.226 e. The van der Waals surface area contributed by atoms with Crippen molar-refractivity contribution in [1.82, 2.24) is 4.98 Å². The van der Waals surface area contributed by atoms with Crippen LogP contribution in [0.2, 0.25) is 0 Å². The van der Waals surface area contributed by atoms with Crippen molar-refractivity contribution in [3.05, 3.63) is 72.1 Å². The van der Waals surface area contributed by atoms with E-state index in [1.165, 1.54) is 0 Å². The molecule has 0 bridgehead atoms. The number of benzene rings is 2. The lowest BCUT2D eigenvalue weighted by molar-refractivity contribution is 0.301. The quantitative estimate of drug-likeness (QED) is 0.778. The Kier molecular flexibility index (Phi) is 3.98. The molecule has 4 nitrogen and oxygen atoms in total. The Morgan fingerprint density at radius 3 is 2.48 bits per heavy atom. The molecule has 0 atom stereocenters. The number of ether oxygens (including phenoxy) is 1. The molecule has 0 unspecified atom stereocenters. The standard InChI is InChI=1S/C17H16N2O2/c18-10-13-6-8-16(9-7-13)20-11-15-12-21-17(19-15)14-4-2-1-3-5-14/h1-9,12H,10-11,18H2. The summed E-state index contributed by atoms with van der Waals surface area (Å²) >= 11 is 0. The van der Waals surface area contributed by atoms with Crippen molar-refractivity contribution in [2.24, 2.45) is 5.73 Å². The minimum Gasteiger partial charge on any atom is -0.487 e. The molecule has 21 heavy (non-hydrogen) atoms. The van der Waals surface area contributed by atoms with Crippen LogP contribution in [0.5, 0.6) is 5.75 Å². The van der Waals surface area contributed by atoms with Crippen LogP contribution in [0.3, 0.4) is 0 Å². The first-order chi connectivity index (χ1) is 10.3. The monoisotopic (exact) mass is 280 g/mol. The summed E-state index contributed by atoms with van der Waals surface area (Å²) in [6.45, 7) is 0.905. The summed E-state index contributed by atoms with van der Waals surface area (Å²) in [7, 11) is 0. The average Bonchev–Trinajstić information content (AvgIpc) is 3.03. The highest BCUT2D eigenvalue weighted by Crippen LogP contribution is 2.19. The maximum Gasteiger partial charge on any atom is 0.226 e. The zero-order chi connectivity index (χ0) is 14.5. The second-order valence-corrected chi connectivity index (χ2v) is 4.65. The molecule has 106 valence electrons. The van der Waals surface area contributed by atoms with Gasteiger partial charge in [-0.3, -0.25) is 0 Å². The molecule has 2 aromatic carbocycles. The maximum atomic E-state index is 5.68. The van der Waals surface area contributed by atoms with Crippen molar-refractivity contribution in [2.45, 2.75) is 13.2 Å². The zero-order valence-electron chi connectivity index (χ0n) is 11.5. The van der Waals surface area contributed by atoms with E-state index < -0.39 is 0 Å². The molecule has 0 saturated heterocycles. The number of hydrogen-bond donors (Lipinski definition) is 1. The Morgan fingerprint density at radius 1 is 1.00 bits per heavy atom. The van der Waals surface area contributed by atoms with Gasteiger partial charge < -0.3 is 14.9 Å². The fourth-order valence-electron chi connectivity index (χ4n) is 1.97. The minimum atomic E-state index is 0.373. The Hall–Kier alpha value is -2.59. The second kappa shape index (κ2) is 6.24.